The van der Waals surface area contributed by atoms with Gasteiger partial charge >= 0.3 is 0 Å². The van der Waals surface area contributed by atoms with E-state index >= 15 is 0 Å². The Labute approximate surface area is 161 Å². The number of aromatic amines is 1. The number of hydrogen-bond acceptors (Lipinski definition) is 5. The minimum Gasteiger partial charge on any atom is -0.493 e. The molecule has 7 nitrogen and oxygen atoms in total. The van der Waals surface area contributed by atoms with Gasteiger partial charge in [0.15, 0.2) is 16.6 Å². The fraction of sp³-hybridized carbons (Fsp3) is 0.105. The molecule has 3 rings (SSSR count). The van der Waals surface area contributed by atoms with E-state index < -0.39 is 0 Å². The fourth-order valence-corrected chi connectivity index (χ4v) is 2.66. The third kappa shape index (κ3) is 4.42. The molecule has 2 aromatic carbocycles. The van der Waals surface area contributed by atoms with Crippen molar-refractivity contribution in [1.82, 2.24) is 10.4 Å². The summed E-state index contributed by atoms with van der Waals surface area (Å²) in [5.41, 5.74) is 4.38. The third-order valence-corrected chi connectivity index (χ3v) is 3.99. The summed E-state index contributed by atoms with van der Waals surface area (Å²) in [4.78, 5) is 14.9. The van der Waals surface area contributed by atoms with Crippen molar-refractivity contribution >= 4 is 40.1 Å². The zero-order valence-electron chi connectivity index (χ0n) is 14.8. The largest absolute Gasteiger partial charge is 0.493 e. The quantitative estimate of drug-likeness (QED) is 0.357. The smallest absolute Gasteiger partial charge is 0.257 e. The molecule has 0 unspecified atom stereocenters. The molecule has 0 spiro atoms. The lowest BCUT2D eigenvalue weighted by Gasteiger charge is -2.11. The molecule has 0 atom stereocenters. The second-order valence-corrected chi connectivity index (χ2v) is 5.94. The van der Waals surface area contributed by atoms with E-state index in [-0.39, 0.29) is 10.7 Å². The fourth-order valence-electron chi connectivity index (χ4n) is 2.49. The zero-order chi connectivity index (χ0) is 19.2. The van der Waals surface area contributed by atoms with Crippen LogP contribution in [-0.2, 0) is 0 Å². The van der Waals surface area contributed by atoms with Crippen molar-refractivity contribution in [2.75, 3.05) is 19.5 Å². The number of H-pyrrole nitrogens is 1. The Morgan fingerprint density at radius 3 is 2.67 bits per heavy atom. The first-order chi connectivity index (χ1) is 13.1. The van der Waals surface area contributed by atoms with Gasteiger partial charge < -0.3 is 19.8 Å². The molecule has 27 heavy (non-hydrogen) atoms. The predicted octanol–water partition coefficient (Wildman–Crippen LogP) is 2.87. The first-order valence-electron chi connectivity index (χ1n) is 8.05. The van der Waals surface area contributed by atoms with Gasteiger partial charge in [-0.2, -0.15) is 5.10 Å². The number of nitrogens with zero attached hydrogens (tertiary/aromatic N) is 1. The summed E-state index contributed by atoms with van der Waals surface area (Å²) in [6.07, 6.45) is 1.42. The van der Waals surface area contributed by atoms with Crippen LogP contribution in [0.2, 0.25) is 0 Å². The third-order valence-electron chi connectivity index (χ3n) is 3.79. The van der Waals surface area contributed by atoms with E-state index in [9.17, 15) is 4.79 Å². The minimum atomic E-state index is -0.224. The van der Waals surface area contributed by atoms with Crippen LogP contribution in [0, 0.1) is 0 Å². The molecule has 0 aliphatic heterocycles. The van der Waals surface area contributed by atoms with Crippen LogP contribution in [0.25, 0.3) is 10.9 Å². The number of benzene rings is 2. The Morgan fingerprint density at radius 2 is 1.89 bits per heavy atom. The number of hydrogen-bond donors (Lipinski definition) is 3. The molecule has 0 bridgehead atoms. The van der Waals surface area contributed by atoms with Gasteiger partial charge in [-0.1, -0.05) is 18.2 Å². The topological polar surface area (TPSA) is 87.7 Å². The average molecular weight is 382 g/mol. The Bertz CT molecular complexity index is 1060. The molecule has 1 heterocycles. The molecule has 0 fully saturated rings. The maximum absolute atomic E-state index is 12.1. The first-order valence-corrected chi connectivity index (χ1v) is 8.45. The van der Waals surface area contributed by atoms with E-state index in [1.165, 1.54) is 6.21 Å². The van der Waals surface area contributed by atoms with Gasteiger partial charge in [-0.15, -0.1) is 0 Å². The van der Waals surface area contributed by atoms with Gasteiger partial charge in [0.25, 0.3) is 5.56 Å². The number of rotatable bonds is 5. The van der Waals surface area contributed by atoms with Crippen LogP contribution in [0.1, 0.15) is 5.56 Å². The number of hydrazone groups is 1. The molecule has 8 heteroatoms. The van der Waals surface area contributed by atoms with Gasteiger partial charge in [0.1, 0.15) is 0 Å². The van der Waals surface area contributed by atoms with E-state index in [0.717, 1.165) is 10.9 Å². The molecule has 0 radical (unpaired) electrons. The van der Waals surface area contributed by atoms with Crippen molar-refractivity contribution in [3.63, 3.8) is 0 Å². The van der Waals surface area contributed by atoms with Crippen LogP contribution in [0.3, 0.4) is 0 Å². The van der Waals surface area contributed by atoms with Crippen LogP contribution < -0.4 is 25.8 Å². The number of thiocarbonyl (C=S) groups is 1. The lowest BCUT2D eigenvalue weighted by molar-refractivity contribution is 0.355. The predicted molar refractivity (Wildman–Crippen MR) is 111 cm³/mol. The summed E-state index contributed by atoms with van der Waals surface area (Å²) in [6.45, 7) is 0. The van der Waals surface area contributed by atoms with Crippen molar-refractivity contribution in [1.29, 1.82) is 0 Å². The number of para-hydroxylation sites is 1. The number of methoxy groups -OCH3 is 2. The van der Waals surface area contributed by atoms with E-state index in [0.29, 0.717) is 22.7 Å². The number of pyridine rings is 1. The normalized spacial score (nSPS) is 10.7. The number of fused-ring (bicyclic) bond motifs is 1. The molecular formula is C19H18N4O3S. The molecule has 0 aliphatic rings. The van der Waals surface area contributed by atoms with Crippen molar-refractivity contribution < 1.29 is 9.47 Å². The Balaban J connectivity index is 1.67. The molecule has 0 saturated carbocycles. The zero-order valence-corrected chi connectivity index (χ0v) is 15.6. The highest BCUT2D eigenvalue weighted by atomic mass is 32.1. The van der Waals surface area contributed by atoms with Crippen molar-refractivity contribution in [3.8, 4) is 11.5 Å². The van der Waals surface area contributed by atoms with Gasteiger partial charge in [0.05, 0.1) is 26.0 Å². The van der Waals surface area contributed by atoms with Gasteiger partial charge in [0.2, 0.25) is 0 Å². The summed E-state index contributed by atoms with van der Waals surface area (Å²) >= 11 is 5.21. The molecule has 0 saturated heterocycles. The van der Waals surface area contributed by atoms with Crippen molar-refractivity contribution in [3.05, 3.63) is 64.4 Å². The Kier molecular flexibility index (Phi) is 5.68. The maximum Gasteiger partial charge on any atom is 0.257 e. The van der Waals surface area contributed by atoms with E-state index in [1.807, 2.05) is 24.3 Å². The van der Waals surface area contributed by atoms with Gasteiger partial charge in [-0.3, -0.25) is 10.2 Å². The summed E-state index contributed by atoms with van der Waals surface area (Å²) in [7, 11) is 3.13. The molecule has 0 amide bonds. The molecule has 1 aromatic heterocycles. The lowest BCUT2D eigenvalue weighted by Crippen LogP contribution is -2.24. The van der Waals surface area contributed by atoms with E-state index in [1.54, 1.807) is 38.5 Å². The van der Waals surface area contributed by atoms with Crippen molar-refractivity contribution in [2.24, 2.45) is 5.10 Å². The van der Waals surface area contributed by atoms with Crippen LogP contribution in [0.5, 0.6) is 11.5 Å². The maximum atomic E-state index is 12.1. The van der Waals surface area contributed by atoms with Gasteiger partial charge in [-0.25, -0.2) is 0 Å². The SMILES string of the molecule is COc1ccc(NC(=S)N/N=C/c2cc3ccccc3[nH]c2=O)cc1OC. The number of ether oxygens (including phenoxy) is 2. The highest BCUT2D eigenvalue weighted by Gasteiger charge is 2.05. The monoisotopic (exact) mass is 382 g/mol. The van der Waals surface area contributed by atoms with Gasteiger partial charge in [-0.05, 0) is 41.9 Å². The van der Waals surface area contributed by atoms with Gasteiger partial charge in [0, 0.05) is 17.3 Å². The summed E-state index contributed by atoms with van der Waals surface area (Å²) < 4.78 is 10.4. The molecular weight excluding hydrogens is 364 g/mol. The van der Waals surface area contributed by atoms with Crippen LogP contribution in [0.15, 0.2) is 58.4 Å². The van der Waals surface area contributed by atoms with Crippen molar-refractivity contribution in [2.45, 2.75) is 0 Å². The average Bonchev–Trinajstić information content (AvgIpc) is 2.68. The highest BCUT2D eigenvalue weighted by molar-refractivity contribution is 7.80. The molecule has 3 aromatic rings. The number of nitrogens with one attached hydrogen (secondary N) is 3. The van der Waals surface area contributed by atoms with E-state index in [2.05, 4.69) is 20.8 Å². The van der Waals surface area contributed by atoms with Crippen LogP contribution in [-0.4, -0.2) is 30.5 Å². The molecule has 0 aliphatic carbocycles. The number of aromatic nitrogens is 1. The van der Waals surface area contributed by atoms with Crippen LogP contribution >= 0.6 is 12.2 Å². The van der Waals surface area contributed by atoms with Crippen LogP contribution in [0.4, 0.5) is 5.69 Å². The van der Waals surface area contributed by atoms with E-state index in [4.69, 9.17) is 21.7 Å². The lowest BCUT2D eigenvalue weighted by atomic mass is 10.2. The standard InChI is InChI=1S/C19H18N4O3S/c1-25-16-8-7-14(10-17(16)26-2)21-19(27)23-20-11-13-9-12-5-3-4-6-15(12)22-18(13)24/h3-11H,1-2H3,(H,22,24)(H2,21,23,27)/b20-11+. The second-order valence-electron chi connectivity index (χ2n) is 5.53. The summed E-state index contributed by atoms with van der Waals surface area (Å²) in [5.74, 6) is 1.20. The molecule has 138 valence electrons. The summed E-state index contributed by atoms with van der Waals surface area (Å²) in [6, 6.07) is 14.6. The Hall–Kier alpha value is -3.39. The molecule has 3 N–H and O–H groups in total. The second kappa shape index (κ2) is 8.33. The Morgan fingerprint density at radius 1 is 1.11 bits per heavy atom. The first kappa shape index (κ1) is 18.4. The highest BCUT2D eigenvalue weighted by Crippen LogP contribution is 2.29. The number of anilines is 1. The summed E-state index contributed by atoms with van der Waals surface area (Å²) in [5, 5.41) is 8.21. The minimum absolute atomic E-state index is 0.224.